The van der Waals surface area contributed by atoms with Crippen LogP contribution in [0.4, 0.5) is 5.69 Å². The maximum absolute atomic E-state index is 12.3. The Balaban J connectivity index is 1.84. The summed E-state index contributed by atoms with van der Waals surface area (Å²) < 4.78 is 3.22. The molecule has 2 aromatic heterocycles. The highest BCUT2D eigenvalue weighted by Crippen LogP contribution is 2.29. The fourth-order valence-electron chi connectivity index (χ4n) is 3.43. The first-order valence-corrected chi connectivity index (χ1v) is 9.19. The van der Waals surface area contributed by atoms with Gasteiger partial charge in [-0.2, -0.15) is 5.10 Å². The molecule has 1 aliphatic rings. The van der Waals surface area contributed by atoms with Gasteiger partial charge in [0.1, 0.15) is 17.4 Å². The monoisotopic (exact) mass is 378 g/mol. The van der Waals surface area contributed by atoms with E-state index in [0.717, 1.165) is 49.3 Å². The van der Waals surface area contributed by atoms with E-state index in [4.69, 9.17) is 17.3 Å². The summed E-state index contributed by atoms with van der Waals surface area (Å²) >= 11 is 6.28. The van der Waals surface area contributed by atoms with Crippen LogP contribution in [0.1, 0.15) is 38.1 Å². The van der Waals surface area contributed by atoms with Gasteiger partial charge >= 0.3 is 0 Å². The zero-order chi connectivity index (χ0) is 18.7. The summed E-state index contributed by atoms with van der Waals surface area (Å²) in [7, 11) is 0. The van der Waals surface area contributed by atoms with Gasteiger partial charge in [0.15, 0.2) is 0 Å². The first-order valence-electron chi connectivity index (χ1n) is 8.81. The van der Waals surface area contributed by atoms with E-state index in [1.54, 1.807) is 0 Å². The lowest BCUT2D eigenvalue weighted by atomic mass is 10.0. The van der Waals surface area contributed by atoms with Crippen LogP contribution < -0.4 is 16.2 Å². The van der Waals surface area contributed by atoms with E-state index >= 15 is 0 Å². The van der Waals surface area contributed by atoms with E-state index in [0.29, 0.717) is 5.69 Å². The van der Waals surface area contributed by atoms with Gasteiger partial charge in [-0.15, -0.1) is 0 Å². The Morgan fingerprint density at radius 1 is 1.46 bits per heavy atom. The normalized spacial score (nSPS) is 17.5. The standard InChI is InChI=1S/C17H23ClN6O2/c1-2-4-15-20-6-8-23(15)12-5-3-7-22(10-12)13-9-21-24(11-14(19)25)17(26)16(13)18/h6,8-9,12H,2-5,7,10-11H2,1H3,(H2,19,25). The number of aryl methyl sites for hydroxylation is 1. The lowest BCUT2D eigenvalue weighted by Crippen LogP contribution is -2.39. The number of hydrogen-bond donors (Lipinski definition) is 1. The highest BCUT2D eigenvalue weighted by atomic mass is 35.5. The second kappa shape index (κ2) is 7.90. The molecule has 0 aliphatic carbocycles. The smallest absolute Gasteiger partial charge is 0.288 e. The molecule has 0 saturated carbocycles. The average molecular weight is 379 g/mol. The minimum Gasteiger partial charge on any atom is -0.368 e. The first kappa shape index (κ1) is 18.4. The molecule has 1 unspecified atom stereocenters. The Morgan fingerprint density at radius 2 is 2.27 bits per heavy atom. The Labute approximate surface area is 156 Å². The van der Waals surface area contributed by atoms with Crippen LogP contribution in [0, 0.1) is 0 Å². The summed E-state index contributed by atoms with van der Waals surface area (Å²) in [6.07, 6.45) is 9.40. The second-order valence-electron chi connectivity index (χ2n) is 6.52. The maximum atomic E-state index is 12.3. The third kappa shape index (κ3) is 3.75. The van der Waals surface area contributed by atoms with Crippen LogP contribution in [0.2, 0.25) is 5.02 Å². The third-order valence-corrected chi connectivity index (χ3v) is 4.98. The number of hydrogen-bond acceptors (Lipinski definition) is 5. The van der Waals surface area contributed by atoms with Crippen molar-refractivity contribution in [1.82, 2.24) is 19.3 Å². The van der Waals surface area contributed by atoms with E-state index in [9.17, 15) is 9.59 Å². The Kier molecular flexibility index (Phi) is 5.61. The number of aromatic nitrogens is 4. The van der Waals surface area contributed by atoms with Crippen molar-refractivity contribution in [2.24, 2.45) is 5.73 Å². The first-order chi connectivity index (χ1) is 12.5. The topological polar surface area (TPSA) is 99.0 Å². The van der Waals surface area contributed by atoms with Gasteiger partial charge in [-0.1, -0.05) is 18.5 Å². The molecule has 26 heavy (non-hydrogen) atoms. The van der Waals surface area contributed by atoms with Crippen molar-refractivity contribution in [2.75, 3.05) is 18.0 Å². The lowest BCUT2D eigenvalue weighted by Gasteiger charge is -2.35. The van der Waals surface area contributed by atoms with E-state index in [1.165, 1.54) is 6.20 Å². The molecule has 1 atom stereocenters. The summed E-state index contributed by atoms with van der Waals surface area (Å²) in [4.78, 5) is 29.9. The summed E-state index contributed by atoms with van der Waals surface area (Å²) in [5, 5.41) is 4.12. The van der Waals surface area contributed by atoms with Gasteiger partial charge in [0.05, 0.1) is 17.9 Å². The summed E-state index contributed by atoms with van der Waals surface area (Å²) in [6.45, 7) is 3.39. The highest BCUT2D eigenvalue weighted by Gasteiger charge is 2.25. The van der Waals surface area contributed by atoms with Gasteiger partial charge in [-0.3, -0.25) is 9.59 Å². The molecular weight excluding hydrogens is 356 g/mol. The van der Waals surface area contributed by atoms with Crippen LogP contribution in [0.3, 0.4) is 0 Å². The average Bonchev–Trinajstić information content (AvgIpc) is 3.08. The minimum atomic E-state index is -0.634. The van der Waals surface area contributed by atoms with Crippen LogP contribution in [0.15, 0.2) is 23.4 Å². The zero-order valence-corrected chi connectivity index (χ0v) is 15.5. The molecular formula is C17H23ClN6O2. The van der Waals surface area contributed by atoms with E-state index in [-0.39, 0.29) is 17.6 Å². The number of imidazole rings is 1. The Hall–Kier alpha value is -2.35. The van der Waals surface area contributed by atoms with E-state index < -0.39 is 11.5 Å². The number of carbonyl (C=O) groups is 1. The molecule has 1 amide bonds. The van der Waals surface area contributed by atoms with Crippen LogP contribution in [-0.4, -0.2) is 38.3 Å². The largest absolute Gasteiger partial charge is 0.368 e. The summed E-state index contributed by atoms with van der Waals surface area (Å²) in [6, 6.07) is 0.275. The molecule has 0 radical (unpaired) electrons. The van der Waals surface area contributed by atoms with Crippen LogP contribution in [-0.2, 0) is 17.8 Å². The van der Waals surface area contributed by atoms with Gasteiger partial charge in [0, 0.05) is 31.9 Å². The number of primary amides is 1. The van der Waals surface area contributed by atoms with Crippen molar-refractivity contribution in [1.29, 1.82) is 0 Å². The van der Waals surface area contributed by atoms with Crippen molar-refractivity contribution < 1.29 is 4.79 Å². The fourth-order valence-corrected chi connectivity index (χ4v) is 3.70. The molecule has 2 aromatic rings. The number of rotatable bonds is 6. The number of nitrogens with zero attached hydrogens (tertiary/aromatic N) is 5. The fraction of sp³-hybridized carbons (Fsp3) is 0.529. The Bertz CT molecular complexity index is 846. The summed E-state index contributed by atoms with van der Waals surface area (Å²) in [5.74, 6) is 0.450. The van der Waals surface area contributed by atoms with Gasteiger partial charge in [-0.25, -0.2) is 9.67 Å². The van der Waals surface area contributed by atoms with Gasteiger partial charge in [0.25, 0.3) is 5.56 Å². The zero-order valence-electron chi connectivity index (χ0n) is 14.8. The number of carbonyl (C=O) groups excluding carboxylic acids is 1. The van der Waals surface area contributed by atoms with Crippen molar-refractivity contribution >= 4 is 23.2 Å². The molecule has 0 spiro atoms. The van der Waals surface area contributed by atoms with Gasteiger partial charge in [-0.05, 0) is 19.3 Å². The Morgan fingerprint density at radius 3 is 3.00 bits per heavy atom. The molecule has 3 heterocycles. The minimum absolute atomic E-state index is 0.0707. The quantitative estimate of drug-likeness (QED) is 0.818. The molecule has 1 fully saturated rings. The molecule has 9 heteroatoms. The molecule has 2 N–H and O–H groups in total. The van der Waals surface area contributed by atoms with Crippen molar-refractivity contribution in [2.45, 2.75) is 45.2 Å². The maximum Gasteiger partial charge on any atom is 0.288 e. The molecule has 8 nitrogen and oxygen atoms in total. The number of halogens is 1. The highest BCUT2D eigenvalue weighted by molar-refractivity contribution is 6.33. The third-order valence-electron chi connectivity index (χ3n) is 4.63. The summed E-state index contributed by atoms with van der Waals surface area (Å²) in [5.41, 5.74) is 5.23. The SMILES string of the molecule is CCCc1nccn1C1CCCN(c2cnn(CC(N)=O)c(=O)c2Cl)C1. The molecule has 1 saturated heterocycles. The van der Waals surface area contributed by atoms with Crippen molar-refractivity contribution in [3.63, 3.8) is 0 Å². The molecule has 0 bridgehead atoms. The number of piperidine rings is 1. The number of nitrogens with two attached hydrogens (primary N) is 1. The van der Waals surface area contributed by atoms with Gasteiger partial charge < -0.3 is 15.2 Å². The second-order valence-corrected chi connectivity index (χ2v) is 6.89. The van der Waals surface area contributed by atoms with Crippen molar-refractivity contribution in [3.05, 3.63) is 39.8 Å². The lowest BCUT2D eigenvalue weighted by molar-refractivity contribution is -0.118. The van der Waals surface area contributed by atoms with E-state index in [2.05, 4.69) is 26.5 Å². The molecule has 3 rings (SSSR count). The molecule has 140 valence electrons. The van der Waals surface area contributed by atoms with Crippen molar-refractivity contribution in [3.8, 4) is 0 Å². The van der Waals surface area contributed by atoms with Crippen LogP contribution in [0.25, 0.3) is 0 Å². The number of amides is 1. The predicted octanol–water partition coefficient (Wildman–Crippen LogP) is 1.37. The predicted molar refractivity (Wildman–Crippen MR) is 99.4 cm³/mol. The molecule has 1 aliphatic heterocycles. The van der Waals surface area contributed by atoms with Crippen LogP contribution in [0.5, 0.6) is 0 Å². The van der Waals surface area contributed by atoms with Crippen LogP contribution >= 0.6 is 11.6 Å². The number of anilines is 1. The van der Waals surface area contributed by atoms with E-state index in [1.807, 2.05) is 12.4 Å². The van der Waals surface area contributed by atoms with Gasteiger partial charge in [0.2, 0.25) is 5.91 Å². The molecule has 0 aromatic carbocycles.